The Hall–Kier alpha value is -0.380. The molecule has 0 saturated heterocycles. The maximum Gasteiger partial charge on any atom is 0.127 e. The summed E-state index contributed by atoms with van der Waals surface area (Å²) in [5, 5.41) is 0.466. The van der Waals surface area contributed by atoms with Crippen LogP contribution >= 0.6 is 43.5 Å². The van der Waals surface area contributed by atoms with E-state index in [9.17, 15) is 4.39 Å². The van der Waals surface area contributed by atoms with Crippen LogP contribution in [-0.2, 0) is 6.42 Å². The van der Waals surface area contributed by atoms with E-state index in [2.05, 4.69) is 31.9 Å². The number of hydrogen-bond donors (Lipinski definition) is 0. The second-order valence-electron chi connectivity index (χ2n) is 4.35. The molecule has 0 radical (unpaired) electrons. The van der Waals surface area contributed by atoms with Gasteiger partial charge in [-0.3, -0.25) is 0 Å². The molecule has 0 saturated carbocycles. The first-order chi connectivity index (χ1) is 9.00. The van der Waals surface area contributed by atoms with Crippen LogP contribution in [0.3, 0.4) is 0 Å². The molecule has 0 N–H and O–H groups in total. The molecule has 0 aromatic heterocycles. The molecule has 0 aliphatic rings. The van der Waals surface area contributed by atoms with Gasteiger partial charge in [0.15, 0.2) is 0 Å². The van der Waals surface area contributed by atoms with E-state index in [-0.39, 0.29) is 10.6 Å². The van der Waals surface area contributed by atoms with E-state index >= 15 is 0 Å². The summed E-state index contributed by atoms with van der Waals surface area (Å²) in [6.45, 7) is 2.03. The fourth-order valence-electron chi connectivity index (χ4n) is 1.93. The van der Waals surface area contributed by atoms with Gasteiger partial charge in [0.1, 0.15) is 5.82 Å². The lowest BCUT2D eigenvalue weighted by Crippen LogP contribution is -2.00. The molecular formula is C15H12Br2ClF. The zero-order valence-corrected chi connectivity index (χ0v) is 14.2. The molecule has 0 aliphatic heterocycles. The summed E-state index contributed by atoms with van der Waals surface area (Å²) in [5.74, 6) is -0.263. The van der Waals surface area contributed by atoms with E-state index < -0.39 is 0 Å². The maximum absolute atomic E-state index is 13.8. The van der Waals surface area contributed by atoms with Crippen molar-refractivity contribution in [1.29, 1.82) is 0 Å². The Bertz CT molecular complexity index is 578. The first-order valence-electron chi connectivity index (χ1n) is 5.82. The summed E-state index contributed by atoms with van der Waals surface area (Å²) in [7, 11) is 0. The minimum atomic E-state index is -0.263. The lowest BCUT2D eigenvalue weighted by Gasteiger charge is -2.15. The Morgan fingerprint density at radius 3 is 2.58 bits per heavy atom. The minimum Gasteiger partial charge on any atom is -0.207 e. The highest BCUT2D eigenvalue weighted by molar-refractivity contribution is 9.11. The number of rotatable bonds is 3. The Balaban J connectivity index is 2.31. The van der Waals surface area contributed by atoms with Crippen LogP contribution in [0, 0.1) is 12.7 Å². The quantitative estimate of drug-likeness (QED) is 0.530. The Morgan fingerprint density at radius 1 is 1.21 bits per heavy atom. The van der Waals surface area contributed by atoms with Gasteiger partial charge in [-0.05, 0) is 36.6 Å². The van der Waals surface area contributed by atoms with E-state index in [0.29, 0.717) is 17.0 Å². The normalized spacial score (nSPS) is 12.5. The van der Waals surface area contributed by atoms with Crippen molar-refractivity contribution in [3.8, 4) is 0 Å². The fourth-order valence-corrected chi connectivity index (χ4v) is 3.72. The van der Waals surface area contributed by atoms with E-state index in [1.165, 1.54) is 6.07 Å². The van der Waals surface area contributed by atoms with Crippen LogP contribution in [-0.4, -0.2) is 0 Å². The number of hydrogen-bond acceptors (Lipinski definition) is 0. The van der Waals surface area contributed by atoms with Crippen LogP contribution in [0.2, 0.25) is 5.02 Å². The van der Waals surface area contributed by atoms with Gasteiger partial charge in [-0.2, -0.15) is 0 Å². The summed E-state index contributed by atoms with van der Waals surface area (Å²) in [4.78, 5) is 0.0103. The van der Waals surface area contributed by atoms with Crippen LogP contribution in [0.5, 0.6) is 0 Å². The summed E-state index contributed by atoms with van der Waals surface area (Å²) in [6.07, 6.45) is 0.508. The van der Waals surface area contributed by atoms with Crippen LogP contribution in [0.4, 0.5) is 4.39 Å². The first-order valence-corrected chi connectivity index (χ1v) is 7.91. The molecule has 19 heavy (non-hydrogen) atoms. The molecule has 1 atom stereocenters. The fraction of sp³-hybridized carbons (Fsp3) is 0.200. The topological polar surface area (TPSA) is 0 Å². The molecule has 100 valence electrons. The van der Waals surface area contributed by atoms with Crippen LogP contribution in [0.1, 0.15) is 21.5 Å². The lowest BCUT2D eigenvalue weighted by molar-refractivity contribution is 0.608. The summed E-state index contributed by atoms with van der Waals surface area (Å²) >= 11 is 13.3. The highest BCUT2D eigenvalue weighted by Crippen LogP contribution is 2.36. The average Bonchev–Trinajstić information content (AvgIpc) is 2.37. The predicted molar refractivity (Wildman–Crippen MR) is 85.7 cm³/mol. The monoisotopic (exact) mass is 404 g/mol. The molecule has 0 amide bonds. The van der Waals surface area contributed by atoms with Crippen molar-refractivity contribution in [2.45, 2.75) is 18.2 Å². The number of aryl methyl sites for hydroxylation is 1. The summed E-state index contributed by atoms with van der Waals surface area (Å²) < 4.78 is 14.8. The van der Waals surface area contributed by atoms with Crippen molar-refractivity contribution < 1.29 is 4.39 Å². The van der Waals surface area contributed by atoms with Crippen molar-refractivity contribution in [1.82, 2.24) is 0 Å². The Kier molecular flexibility index (Phi) is 5.04. The second-order valence-corrected chi connectivity index (χ2v) is 6.66. The van der Waals surface area contributed by atoms with Gasteiger partial charge in [-0.1, -0.05) is 67.7 Å². The van der Waals surface area contributed by atoms with Gasteiger partial charge in [0.25, 0.3) is 0 Å². The van der Waals surface area contributed by atoms with Gasteiger partial charge in [-0.25, -0.2) is 4.39 Å². The molecule has 0 bridgehead atoms. The van der Waals surface area contributed by atoms with E-state index in [1.54, 1.807) is 12.1 Å². The standard InChI is InChI=1S/C15H12Br2ClF/c1-9-4-2-5-10(15(9)17)12(16)8-11-13(18)6-3-7-14(11)19/h2-7,12H,8H2,1H3. The summed E-state index contributed by atoms with van der Waals surface area (Å²) in [5.41, 5.74) is 2.79. The summed E-state index contributed by atoms with van der Waals surface area (Å²) in [6, 6.07) is 10.8. The number of benzene rings is 2. The van der Waals surface area contributed by atoms with Gasteiger partial charge in [0.05, 0.1) is 0 Å². The largest absolute Gasteiger partial charge is 0.207 e. The molecule has 1 unspecified atom stereocenters. The smallest absolute Gasteiger partial charge is 0.127 e. The zero-order valence-electron chi connectivity index (χ0n) is 10.3. The van der Waals surface area contributed by atoms with Crippen molar-refractivity contribution in [3.63, 3.8) is 0 Å². The van der Waals surface area contributed by atoms with E-state index in [0.717, 1.165) is 15.6 Å². The maximum atomic E-state index is 13.8. The lowest BCUT2D eigenvalue weighted by atomic mass is 10.0. The third-order valence-corrected chi connectivity index (χ3v) is 5.26. The third kappa shape index (κ3) is 3.39. The van der Waals surface area contributed by atoms with Crippen molar-refractivity contribution in [2.24, 2.45) is 0 Å². The van der Waals surface area contributed by atoms with Gasteiger partial charge < -0.3 is 0 Å². The van der Waals surface area contributed by atoms with Crippen LogP contribution < -0.4 is 0 Å². The first kappa shape index (κ1) is 15.0. The molecule has 0 heterocycles. The predicted octanol–water partition coefficient (Wildman–Crippen LogP) is 6.23. The van der Waals surface area contributed by atoms with Gasteiger partial charge in [0, 0.05) is 19.9 Å². The van der Waals surface area contributed by atoms with E-state index in [4.69, 9.17) is 11.6 Å². The molecule has 0 aliphatic carbocycles. The van der Waals surface area contributed by atoms with Gasteiger partial charge in [0.2, 0.25) is 0 Å². The van der Waals surface area contributed by atoms with Gasteiger partial charge >= 0.3 is 0 Å². The second kappa shape index (κ2) is 6.38. The molecule has 2 aromatic carbocycles. The van der Waals surface area contributed by atoms with Crippen LogP contribution in [0.15, 0.2) is 40.9 Å². The SMILES string of the molecule is Cc1cccc(C(Br)Cc2c(F)cccc2Cl)c1Br. The zero-order chi connectivity index (χ0) is 14.0. The molecule has 4 heteroatoms. The highest BCUT2D eigenvalue weighted by Gasteiger charge is 2.16. The van der Waals surface area contributed by atoms with Crippen LogP contribution in [0.25, 0.3) is 0 Å². The minimum absolute atomic E-state index is 0.0103. The Labute approximate surface area is 134 Å². The average molecular weight is 407 g/mol. The van der Waals surface area contributed by atoms with Crippen molar-refractivity contribution >= 4 is 43.5 Å². The highest BCUT2D eigenvalue weighted by atomic mass is 79.9. The van der Waals surface area contributed by atoms with Crippen molar-refractivity contribution in [2.75, 3.05) is 0 Å². The molecular weight excluding hydrogens is 394 g/mol. The van der Waals surface area contributed by atoms with Gasteiger partial charge in [-0.15, -0.1) is 0 Å². The number of alkyl halides is 1. The number of halogens is 4. The third-order valence-electron chi connectivity index (χ3n) is 3.00. The molecule has 0 spiro atoms. The molecule has 0 fully saturated rings. The Morgan fingerprint density at radius 2 is 1.89 bits per heavy atom. The molecule has 0 nitrogen and oxygen atoms in total. The molecule has 2 rings (SSSR count). The molecule has 2 aromatic rings. The van der Waals surface area contributed by atoms with E-state index in [1.807, 2.05) is 25.1 Å². The van der Waals surface area contributed by atoms with Crippen molar-refractivity contribution in [3.05, 3.63) is 68.4 Å².